The third kappa shape index (κ3) is 3.57. The van der Waals surface area contributed by atoms with Crippen LogP contribution < -0.4 is 5.32 Å². The molecule has 0 saturated carbocycles. The molecule has 19 heavy (non-hydrogen) atoms. The van der Waals surface area contributed by atoms with E-state index in [2.05, 4.69) is 57.2 Å². The first-order chi connectivity index (χ1) is 8.86. The molecule has 0 saturated heterocycles. The number of amides is 1. The van der Waals surface area contributed by atoms with Crippen molar-refractivity contribution in [3.05, 3.63) is 33.5 Å². The molecule has 0 atom stereocenters. The number of nitrogens with one attached hydrogen (secondary N) is 1. The van der Waals surface area contributed by atoms with E-state index < -0.39 is 0 Å². The highest BCUT2D eigenvalue weighted by atomic mass is 79.9. The van der Waals surface area contributed by atoms with Crippen molar-refractivity contribution in [2.45, 2.75) is 26.2 Å². The van der Waals surface area contributed by atoms with Gasteiger partial charge in [0.15, 0.2) is 0 Å². The molecule has 100 valence electrons. The van der Waals surface area contributed by atoms with Gasteiger partial charge in [0.05, 0.1) is 5.56 Å². The first-order valence-corrected chi connectivity index (χ1v) is 7.23. The Morgan fingerprint density at radius 1 is 1.32 bits per heavy atom. The molecule has 2 rings (SSSR count). The summed E-state index contributed by atoms with van der Waals surface area (Å²) >= 11 is 4.66. The van der Waals surface area contributed by atoms with Gasteiger partial charge in [-0.2, -0.15) is 0 Å². The van der Waals surface area contributed by atoms with Crippen molar-refractivity contribution in [1.29, 1.82) is 0 Å². The van der Waals surface area contributed by atoms with Crippen LogP contribution in [-0.2, 0) is 5.41 Å². The van der Waals surface area contributed by atoms with Crippen molar-refractivity contribution in [3.63, 3.8) is 0 Å². The summed E-state index contributed by atoms with van der Waals surface area (Å²) in [7, 11) is 0. The number of carbonyl (C=O) groups is 1. The Kier molecular flexibility index (Phi) is 3.96. The Morgan fingerprint density at radius 2 is 2.05 bits per heavy atom. The van der Waals surface area contributed by atoms with E-state index in [9.17, 15) is 4.79 Å². The summed E-state index contributed by atoms with van der Waals surface area (Å²) in [6, 6.07) is 1.70. The summed E-state index contributed by atoms with van der Waals surface area (Å²) in [5, 5.41) is 12.2. The van der Waals surface area contributed by atoms with Gasteiger partial charge in [-0.25, -0.2) is 0 Å². The molecule has 2 heterocycles. The molecule has 1 N–H and O–H groups in total. The topological polar surface area (TPSA) is 67.8 Å². The maximum Gasteiger partial charge on any atom is 0.259 e. The SMILES string of the molecule is CC(C)(C)c1nnc(NC(=O)c2cncc(Br)c2)s1. The summed E-state index contributed by atoms with van der Waals surface area (Å²) in [5.41, 5.74) is 0.403. The summed E-state index contributed by atoms with van der Waals surface area (Å²) in [6.45, 7) is 6.16. The first kappa shape index (κ1) is 14.1. The maximum absolute atomic E-state index is 12.0. The second kappa shape index (κ2) is 5.34. The molecule has 0 unspecified atom stereocenters. The van der Waals surface area contributed by atoms with Gasteiger partial charge in [-0.1, -0.05) is 32.1 Å². The van der Waals surface area contributed by atoms with Crippen molar-refractivity contribution in [2.75, 3.05) is 5.32 Å². The zero-order valence-electron chi connectivity index (χ0n) is 10.8. The van der Waals surface area contributed by atoms with Crippen LogP contribution in [0, 0.1) is 0 Å². The molecule has 1 amide bonds. The fraction of sp³-hybridized carbons (Fsp3) is 0.333. The van der Waals surface area contributed by atoms with E-state index in [0.717, 1.165) is 9.48 Å². The summed E-state index contributed by atoms with van der Waals surface area (Å²) in [6.07, 6.45) is 3.13. The van der Waals surface area contributed by atoms with Crippen LogP contribution in [0.5, 0.6) is 0 Å². The first-order valence-electron chi connectivity index (χ1n) is 5.62. The monoisotopic (exact) mass is 340 g/mol. The van der Waals surface area contributed by atoms with Gasteiger partial charge in [-0.15, -0.1) is 10.2 Å². The second-order valence-electron chi connectivity index (χ2n) is 5.01. The van der Waals surface area contributed by atoms with Gasteiger partial charge in [0.1, 0.15) is 5.01 Å². The number of rotatable bonds is 2. The molecule has 0 spiro atoms. The molecule has 0 radical (unpaired) electrons. The molecule has 0 aliphatic carbocycles. The highest BCUT2D eigenvalue weighted by molar-refractivity contribution is 9.10. The smallest absolute Gasteiger partial charge is 0.259 e. The Morgan fingerprint density at radius 3 is 2.63 bits per heavy atom. The number of hydrogen-bond acceptors (Lipinski definition) is 5. The zero-order valence-corrected chi connectivity index (χ0v) is 13.2. The highest BCUT2D eigenvalue weighted by Crippen LogP contribution is 2.27. The van der Waals surface area contributed by atoms with Crippen LogP contribution in [0.15, 0.2) is 22.9 Å². The van der Waals surface area contributed by atoms with Gasteiger partial charge in [-0.05, 0) is 22.0 Å². The van der Waals surface area contributed by atoms with Gasteiger partial charge in [0.2, 0.25) is 5.13 Å². The van der Waals surface area contributed by atoms with Crippen molar-refractivity contribution in [2.24, 2.45) is 0 Å². The third-order valence-electron chi connectivity index (χ3n) is 2.25. The number of halogens is 1. The molecule has 2 aromatic heterocycles. The lowest BCUT2D eigenvalue weighted by Gasteiger charge is -2.12. The molecular formula is C12H13BrN4OS. The third-order valence-corrected chi connectivity index (χ3v) is 3.95. The van der Waals surface area contributed by atoms with Crippen LogP contribution in [0.25, 0.3) is 0 Å². The van der Waals surface area contributed by atoms with Gasteiger partial charge in [0.25, 0.3) is 5.91 Å². The number of aromatic nitrogens is 3. The van der Waals surface area contributed by atoms with E-state index in [1.165, 1.54) is 17.5 Å². The van der Waals surface area contributed by atoms with Gasteiger partial charge in [0, 0.05) is 22.3 Å². The predicted molar refractivity (Wildman–Crippen MR) is 78.5 cm³/mol. The summed E-state index contributed by atoms with van der Waals surface area (Å²) in [5.74, 6) is -0.245. The average molecular weight is 341 g/mol. The Balaban J connectivity index is 2.13. The van der Waals surface area contributed by atoms with Gasteiger partial charge < -0.3 is 0 Å². The molecule has 5 nitrogen and oxygen atoms in total. The molecule has 0 aliphatic rings. The zero-order chi connectivity index (χ0) is 14.0. The van der Waals surface area contributed by atoms with Crippen molar-refractivity contribution < 1.29 is 4.79 Å². The van der Waals surface area contributed by atoms with E-state index in [0.29, 0.717) is 10.7 Å². The number of nitrogens with zero attached hydrogens (tertiary/aromatic N) is 3. The number of carbonyl (C=O) groups excluding carboxylic acids is 1. The minimum Gasteiger partial charge on any atom is -0.296 e. The van der Waals surface area contributed by atoms with Crippen molar-refractivity contribution in [1.82, 2.24) is 15.2 Å². The highest BCUT2D eigenvalue weighted by Gasteiger charge is 2.20. The Labute approximate surface area is 123 Å². The van der Waals surface area contributed by atoms with E-state index in [-0.39, 0.29) is 11.3 Å². The van der Waals surface area contributed by atoms with Crippen LogP contribution in [0.1, 0.15) is 36.1 Å². The molecule has 7 heteroatoms. The fourth-order valence-corrected chi connectivity index (χ4v) is 2.44. The predicted octanol–water partition coefficient (Wildman–Crippen LogP) is 3.25. The van der Waals surface area contributed by atoms with Gasteiger partial charge in [-0.3, -0.25) is 15.1 Å². The molecule has 0 bridgehead atoms. The van der Waals surface area contributed by atoms with Crippen molar-refractivity contribution in [3.8, 4) is 0 Å². The van der Waals surface area contributed by atoms with Crippen molar-refractivity contribution >= 4 is 38.3 Å². The summed E-state index contributed by atoms with van der Waals surface area (Å²) in [4.78, 5) is 15.9. The molecule has 0 aliphatic heterocycles. The maximum atomic E-state index is 12.0. The van der Waals surface area contributed by atoms with Gasteiger partial charge >= 0.3 is 0 Å². The minimum atomic E-state index is -0.245. The lowest BCUT2D eigenvalue weighted by molar-refractivity contribution is 0.102. The number of hydrogen-bond donors (Lipinski definition) is 1. The van der Waals surface area contributed by atoms with E-state index in [1.807, 2.05) is 0 Å². The second-order valence-corrected chi connectivity index (χ2v) is 6.90. The fourth-order valence-electron chi connectivity index (χ4n) is 1.28. The Hall–Kier alpha value is -1.34. The molecule has 0 aromatic carbocycles. The van der Waals surface area contributed by atoms with Crippen LogP contribution in [0.2, 0.25) is 0 Å². The van der Waals surface area contributed by atoms with Crippen LogP contribution in [0.4, 0.5) is 5.13 Å². The lowest BCUT2D eigenvalue weighted by Crippen LogP contribution is -2.12. The summed E-state index contributed by atoms with van der Waals surface area (Å²) < 4.78 is 0.757. The van der Waals surface area contributed by atoms with Crippen LogP contribution in [0.3, 0.4) is 0 Å². The van der Waals surface area contributed by atoms with Crippen LogP contribution in [-0.4, -0.2) is 21.1 Å². The normalized spacial score (nSPS) is 11.4. The van der Waals surface area contributed by atoms with Crippen LogP contribution >= 0.6 is 27.3 Å². The quantitative estimate of drug-likeness (QED) is 0.911. The number of anilines is 1. The van der Waals surface area contributed by atoms with E-state index in [1.54, 1.807) is 12.3 Å². The minimum absolute atomic E-state index is 0.0715. The standard InChI is InChI=1S/C12H13BrN4OS/c1-12(2,3)10-16-17-11(19-10)15-9(18)7-4-8(13)6-14-5-7/h4-6H,1-3H3,(H,15,17,18). The Bertz CT molecular complexity index is 606. The molecule has 2 aromatic rings. The average Bonchev–Trinajstić information content (AvgIpc) is 2.77. The largest absolute Gasteiger partial charge is 0.296 e. The molecular weight excluding hydrogens is 328 g/mol. The van der Waals surface area contributed by atoms with E-state index in [4.69, 9.17) is 0 Å². The lowest BCUT2D eigenvalue weighted by atomic mass is 9.98. The number of pyridine rings is 1. The molecule has 0 fully saturated rings. The van der Waals surface area contributed by atoms with E-state index >= 15 is 0 Å².